The maximum Gasteiger partial charge on any atom is 0.253 e. The van der Waals surface area contributed by atoms with E-state index >= 15 is 0 Å². The van der Waals surface area contributed by atoms with Crippen LogP contribution in [0.5, 0.6) is 0 Å². The van der Waals surface area contributed by atoms with Crippen molar-refractivity contribution in [2.75, 3.05) is 26.3 Å². The number of hydrogen-bond donors (Lipinski definition) is 1. The second-order valence-corrected chi connectivity index (χ2v) is 11.0. The molecule has 1 unspecified atom stereocenters. The Bertz CT molecular complexity index is 1090. The van der Waals surface area contributed by atoms with Crippen molar-refractivity contribution in [2.45, 2.75) is 63.8 Å². The van der Waals surface area contributed by atoms with Gasteiger partial charge in [0.2, 0.25) is 5.91 Å². The smallest absolute Gasteiger partial charge is 0.253 e. The van der Waals surface area contributed by atoms with Crippen LogP contribution in [0.4, 0.5) is 0 Å². The van der Waals surface area contributed by atoms with E-state index in [2.05, 4.69) is 29.1 Å². The van der Waals surface area contributed by atoms with Crippen LogP contribution in [0, 0.1) is 17.8 Å². The Morgan fingerprint density at radius 2 is 1.74 bits per heavy atom. The van der Waals surface area contributed by atoms with E-state index in [9.17, 15) is 9.59 Å². The van der Waals surface area contributed by atoms with E-state index in [1.165, 1.54) is 41.4 Å². The number of nitrogens with zero attached hydrogens (tertiary/aromatic N) is 2. The number of ether oxygens (including phenoxy) is 1. The van der Waals surface area contributed by atoms with Crippen LogP contribution in [0.1, 0.15) is 66.6 Å². The highest BCUT2D eigenvalue weighted by atomic mass is 16.5. The molecule has 6 heteroatoms. The van der Waals surface area contributed by atoms with E-state index in [0.717, 1.165) is 69.1 Å². The Kier molecular flexibility index (Phi) is 5.88. The quantitative estimate of drug-likeness (QED) is 0.749. The first-order valence-corrected chi connectivity index (χ1v) is 13.4. The molecule has 0 spiro atoms. The highest BCUT2D eigenvalue weighted by Crippen LogP contribution is 2.39. The predicted octanol–water partition coefficient (Wildman–Crippen LogP) is 3.84. The number of benzene rings is 1. The van der Waals surface area contributed by atoms with Crippen molar-refractivity contribution in [3.05, 3.63) is 35.0 Å². The lowest BCUT2D eigenvalue weighted by Gasteiger charge is -2.33. The highest BCUT2D eigenvalue weighted by molar-refractivity contribution is 5.99. The molecular weight excluding hydrogens is 426 g/mol. The number of hydrogen-bond acceptors (Lipinski definition) is 3. The number of fused-ring (bicyclic) bond motifs is 3. The molecular formula is C28H37N3O3. The second-order valence-electron chi connectivity index (χ2n) is 11.0. The Hall–Kier alpha value is -2.34. The summed E-state index contributed by atoms with van der Waals surface area (Å²) in [7, 11) is 2.18. The van der Waals surface area contributed by atoms with E-state index in [1.54, 1.807) is 0 Å². The lowest BCUT2D eigenvalue weighted by Crippen LogP contribution is -2.46. The van der Waals surface area contributed by atoms with Crippen LogP contribution in [0.25, 0.3) is 10.9 Å². The molecule has 2 aliphatic heterocycles. The average Bonchev–Trinajstić information content (AvgIpc) is 3.70. The van der Waals surface area contributed by atoms with Crippen LogP contribution in [-0.2, 0) is 29.4 Å². The van der Waals surface area contributed by atoms with Gasteiger partial charge in [0.15, 0.2) is 0 Å². The molecule has 2 aromatic rings. The Morgan fingerprint density at radius 1 is 0.971 bits per heavy atom. The molecule has 3 fully saturated rings. The fourth-order valence-electron chi connectivity index (χ4n) is 6.60. The van der Waals surface area contributed by atoms with Crippen LogP contribution in [0.15, 0.2) is 18.2 Å². The maximum atomic E-state index is 13.4. The lowest BCUT2D eigenvalue weighted by atomic mass is 9.75. The molecule has 6 nitrogen and oxygen atoms in total. The van der Waals surface area contributed by atoms with Crippen molar-refractivity contribution >= 4 is 22.7 Å². The normalized spacial score (nSPS) is 24.3. The van der Waals surface area contributed by atoms with Crippen molar-refractivity contribution < 1.29 is 14.3 Å². The molecule has 0 radical (unpaired) electrons. The molecule has 34 heavy (non-hydrogen) atoms. The topological polar surface area (TPSA) is 63.6 Å². The molecule has 1 aromatic heterocycles. The molecule has 2 amide bonds. The molecule has 0 bridgehead atoms. The van der Waals surface area contributed by atoms with Crippen LogP contribution >= 0.6 is 0 Å². The van der Waals surface area contributed by atoms with Gasteiger partial charge in [-0.25, -0.2) is 0 Å². The summed E-state index contributed by atoms with van der Waals surface area (Å²) >= 11 is 0. The van der Waals surface area contributed by atoms with Crippen LogP contribution in [0.2, 0.25) is 0 Å². The molecule has 6 rings (SSSR count). The van der Waals surface area contributed by atoms with E-state index in [4.69, 9.17) is 4.74 Å². The van der Waals surface area contributed by atoms with Gasteiger partial charge in [0.25, 0.3) is 5.91 Å². The van der Waals surface area contributed by atoms with Gasteiger partial charge >= 0.3 is 0 Å². The minimum Gasteiger partial charge on any atom is -0.381 e. The molecule has 2 saturated heterocycles. The number of amides is 2. The van der Waals surface area contributed by atoms with E-state index in [1.807, 2.05) is 11.0 Å². The number of aryl methyl sites for hydroxylation is 1. The Morgan fingerprint density at radius 3 is 2.47 bits per heavy atom. The first kappa shape index (κ1) is 22.1. The minimum absolute atomic E-state index is 0.128. The number of piperidine rings is 1. The van der Waals surface area contributed by atoms with Crippen molar-refractivity contribution in [2.24, 2.45) is 24.8 Å². The van der Waals surface area contributed by atoms with Gasteiger partial charge in [-0.1, -0.05) is 0 Å². The number of carbonyl (C=O) groups excluding carboxylic acids is 2. The van der Waals surface area contributed by atoms with Gasteiger partial charge in [-0.15, -0.1) is 0 Å². The molecule has 2 aliphatic carbocycles. The monoisotopic (exact) mass is 463 g/mol. The number of carbonyl (C=O) groups is 2. The van der Waals surface area contributed by atoms with Gasteiger partial charge in [-0.05, 0) is 93.4 Å². The van der Waals surface area contributed by atoms with Crippen molar-refractivity contribution in [1.29, 1.82) is 0 Å². The number of likely N-dealkylation sites (tertiary alicyclic amines) is 1. The molecule has 1 N–H and O–H groups in total. The third kappa shape index (κ3) is 4.15. The summed E-state index contributed by atoms with van der Waals surface area (Å²) < 4.78 is 7.96. The fourth-order valence-corrected chi connectivity index (χ4v) is 6.60. The number of aromatic nitrogens is 1. The molecule has 182 valence electrons. The summed E-state index contributed by atoms with van der Waals surface area (Å²) in [6.07, 6.45) is 9.65. The van der Waals surface area contributed by atoms with Crippen molar-refractivity contribution in [3.8, 4) is 0 Å². The van der Waals surface area contributed by atoms with Gasteiger partial charge in [-0.2, -0.15) is 0 Å². The average molecular weight is 464 g/mol. The summed E-state index contributed by atoms with van der Waals surface area (Å²) in [6.45, 7) is 3.24. The zero-order chi connectivity index (χ0) is 23.2. The first-order chi connectivity index (χ1) is 16.6. The highest BCUT2D eigenvalue weighted by Gasteiger charge is 2.33. The maximum absolute atomic E-state index is 13.4. The van der Waals surface area contributed by atoms with E-state index in [0.29, 0.717) is 13.1 Å². The number of rotatable bonds is 4. The Labute approximate surface area is 202 Å². The minimum atomic E-state index is 0.128. The Balaban J connectivity index is 1.17. The zero-order valence-electron chi connectivity index (χ0n) is 20.4. The second kappa shape index (κ2) is 9.03. The van der Waals surface area contributed by atoms with E-state index in [-0.39, 0.29) is 23.8 Å². The van der Waals surface area contributed by atoms with Crippen molar-refractivity contribution in [1.82, 2.24) is 14.8 Å². The van der Waals surface area contributed by atoms with Gasteiger partial charge in [0, 0.05) is 67.5 Å². The van der Waals surface area contributed by atoms with Crippen molar-refractivity contribution in [3.63, 3.8) is 0 Å². The third-order valence-electron chi connectivity index (χ3n) is 8.91. The largest absolute Gasteiger partial charge is 0.381 e. The fraction of sp³-hybridized carbons (Fsp3) is 0.643. The standard InChI is InChI=1S/C28H37N3O3/c1-30-25-6-4-20(18-10-14-34-15-11-18)16-23(25)24-17-21(5-7-26(24)30)28(33)31-12-8-22(9-13-31)29-27(32)19-2-3-19/h5,7,17-20,22H,2-4,6,8-16H2,1H3,(H,29,32). The lowest BCUT2D eigenvalue weighted by molar-refractivity contribution is -0.123. The first-order valence-electron chi connectivity index (χ1n) is 13.4. The van der Waals surface area contributed by atoms with Crippen LogP contribution in [0.3, 0.4) is 0 Å². The third-order valence-corrected chi connectivity index (χ3v) is 8.91. The van der Waals surface area contributed by atoms with E-state index < -0.39 is 0 Å². The van der Waals surface area contributed by atoms with Crippen LogP contribution < -0.4 is 5.32 Å². The molecule has 1 aromatic carbocycles. The van der Waals surface area contributed by atoms with Gasteiger partial charge < -0.3 is 19.5 Å². The summed E-state index contributed by atoms with van der Waals surface area (Å²) in [4.78, 5) is 27.4. The predicted molar refractivity (Wildman–Crippen MR) is 132 cm³/mol. The zero-order valence-corrected chi connectivity index (χ0v) is 20.4. The molecule has 3 heterocycles. The molecule has 1 saturated carbocycles. The summed E-state index contributed by atoms with van der Waals surface area (Å²) in [5, 5.41) is 4.45. The van der Waals surface area contributed by atoms with Gasteiger partial charge in [-0.3, -0.25) is 9.59 Å². The van der Waals surface area contributed by atoms with Gasteiger partial charge in [0.05, 0.1) is 0 Å². The summed E-state index contributed by atoms with van der Waals surface area (Å²) in [5.74, 6) is 2.08. The molecule has 1 atom stereocenters. The summed E-state index contributed by atoms with van der Waals surface area (Å²) in [5.41, 5.74) is 4.97. The summed E-state index contributed by atoms with van der Waals surface area (Å²) in [6, 6.07) is 6.52. The van der Waals surface area contributed by atoms with Crippen LogP contribution in [-0.4, -0.2) is 53.6 Å². The van der Waals surface area contributed by atoms with Gasteiger partial charge in [0.1, 0.15) is 0 Å². The number of nitrogens with one attached hydrogen (secondary N) is 1. The SMILES string of the molecule is Cn1c2c(c3cc(C(=O)N4CCC(NC(=O)C5CC5)CC4)ccc31)CC(C1CCOCC1)CC2. The molecule has 4 aliphatic rings.